The molecule has 1 atom stereocenters. The van der Waals surface area contributed by atoms with Gasteiger partial charge < -0.3 is 10.2 Å². The number of nitrogens with one attached hydrogen (secondary N) is 1. The Kier molecular flexibility index (Phi) is 5.66. The highest BCUT2D eigenvalue weighted by atomic mass is 32.2. The molecular weight excluding hydrogens is 268 g/mol. The average Bonchev–Trinajstić information content (AvgIpc) is 2.41. The third kappa shape index (κ3) is 4.09. The van der Waals surface area contributed by atoms with Crippen molar-refractivity contribution in [3.63, 3.8) is 0 Å². The van der Waals surface area contributed by atoms with E-state index in [1.165, 1.54) is 17.1 Å². The van der Waals surface area contributed by atoms with Crippen molar-refractivity contribution in [1.82, 2.24) is 15.3 Å². The monoisotopic (exact) mass is 294 g/mol. The maximum absolute atomic E-state index is 4.71. The highest BCUT2D eigenvalue weighted by Crippen LogP contribution is 2.21. The third-order valence-electron chi connectivity index (χ3n) is 3.56. The molecule has 0 spiro atoms. The normalized spacial score (nSPS) is 19.6. The fourth-order valence-electron chi connectivity index (χ4n) is 2.31. The van der Waals surface area contributed by atoms with Crippen LogP contribution < -0.4 is 10.2 Å². The zero-order valence-electron chi connectivity index (χ0n) is 13.0. The van der Waals surface area contributed by atoms with Crippen molar-refractivity contribution < 1.29 is 0 Å². The molecule has 1 unspecified atom stereocenters. The fraction of sp³-hybridized carbons (Fsp3) is 0.733. The molecule has 20 heavy (non-hydrogen) atoms. The van der Waals surface area contributed by atoms with Gasteiger partial charge in [-0.1, -0.05) is 13.8 Å². The van der Waals surface area contributed by atoms with Crippen molar-refractivity contribution in [2.75, 3.05) is 29.5 Å². The van der Waals surface area contributed by atoms with Crippen LogP contribution in [0.3, 0.4) is 0 Å². The Morgan fingerprint density at radius 1 is 1.50 bits per heavy atom. The zero-order valence-corrected chi connectivity index (χ0v) is 13.8. The van der Waals surface area contributed by atoms with Gasteiger partial charge in [-0.15, -0.1) is 0 Å². The van der Waals surface area contributed by atoms with Gasteiger partial charge in [-0.25, -0.2) is 9.97 Å². The number of nitrogens with zero attached hydrogens (tertiary/aromatic N) is 3. The second-order valence-corrected chi connectivity index (χ2v) is 7.07. The van der Waals surface area contributed by atoms with Crippen LogP contribution in [0.25, 0.3) is 0 Å². The molecule has 1 aromatic heterocycles. The van der Waals surface area contributed by atoms with E-state index in [1.807, 2.05) is 18.0 Å². The van der Waals surface area contributed by atoms with E-state index in [2.05, 4.69) is 42.9 Å². The summed E-state index contributed by atoms with van der Waals surface area (Å²) in [6.45, 7) is 11.7. The Morgan fingerprint density at radius 3 is 2.95 bits per heavy atom. The van der Waals surface area contributed by atoms with E-state index in [4.69, 9.17) is 4.98 Å². The van der Waals surface area contributed by atoms with Gasteiger partial charge in [0.25, 0.3) is 0 Å². The van der Waals surface area contributed by atoms with Crippen molar-refractivity contribution in [2.24, 2.45) is 5.92 Å². The standard InChI is InChI=1S/C15H26N4S/c1-11(2)7-16-8-14-9-17-15(18-13(14)4)19-5-6-20-10-12(19)3/h9,11-12,16H,5-8,10H2,1-4H3. The van der Waals surface area contributed by atoms with Gasteiger partial charge in [0.05, 0.1) is 0 Å². The minimum Gasteiger partial charge on any atom is -0.336 e. The zero-order chi connectivity index (χ0) is 14.5. The molecule has 2 rings (SSSR count). The van der Waals surface area contributed by atoms with Gasteiger partial charge in [0.2, 0.25) is 5.95 Å². The SMILES string of the molecule is Cc1nc(N2CCSCC2C)ncc1CNCC(C)C. The molecule has 1 aromatic rings. The largest absolute Gasteiger partial charge is 0.336 e. The Balaban J connectivity index is 2.01. The lowest BCUT2D eigenvalue weighted by atomic mass is 10.2. The summed E-state index contributed by atoms with van der Waals surface area (Å²) in [6.07, 6.45) is 1.99. The number of anilines is 1. The summed E-state index contributed by atoms with van der Waals surface area (Å²) in [7, 11) is 0. The summed E-state index contributed by atoms with van der Waals surface area (Å²) in [6, 6.07) is 0.526. The topological polar surface area (TPSA) is 41.1 Å². The van der Waals surface area contributed by atoms with Crippen molar-refractivity contribution in [2.45, 2.75) is 40.3 Å². The average molecular weight is 294 g/mol. The first-order valence-corrected chi connectivity index (χ1v) is 8.61. The van der Waals surface area contributed by atoms with E-state index in [-0.39, 0.29) is 0 Å². The molecule has 1 aliphatic heterocycles. The molecule has 1 fully saturated rings. The molecule has 0 amide bonds. The minimum atomic E-state index is 0.526. The minimum absolute atomic E-state index is 0.526. The van der Waals surface area contributed by atoms with Crippen molar-refractivity contribution in [3.05, 3.63) is 17.5 Å². The van der Waals surface area contributed by atoms with Crippen LogP contribution in [0.5, 0.6) is 0 Å². The summed E-state index contributed by atoms with van der Waals surface area (Å²) >= 11 is 2.02. The van der Waals surface area contributed by atoms with Crippen LogP contribution in [-0.2, 0) is 6.54 Å². The molecule has 0 aromatic carbocycles. The lowest BCUT2D eigenvalue weighted by Gasteiger charge is -2.33. The van der Waals surface area contributed by atoms with Gasteiger partial charge in [0.15, 0.2) is 0 Å². The number of thioether (sulfide) groups is 1. The van der Waals surface area contributed by atoms with Gasteiger partial charge >= 0.3 is 0 Å². The van der Waals surface area contributed by atoms with Gasteiger partial charge in [-0.05, 0) is 26.3 Å². The maximum atomic E-state index is 4.71. The van der Waals surface area contributed by atoms with Crippen molar-refractivity contribution in [1.29, 1.82) is 0 Å². The summed E-state index contributed by atoms with van der Waals surface area (Å²) in [5, 5.41) is 3.45. The van der Waals surface area contributed by atoms with Gasteiger partial charge in [0, 0.05) is 48.1 Å². The van der Waals surface area contributed by atoms with Crippen LogP contribution in [0.2, 0.25) is 0 Å². The molecule has 1 aliphatic rings. The van der Waals surface area contributed by atoms with E-state index >= 15 is 0 Å². The highest BCUT2D eigenvalue weighted by Gasteiger charge is 2.21. The van der Waals surface area contributed by atoms with Crippen LogP contribution in [0.1, 0.15) is 32.0 Å². The fourth-order valence-corrected chi connectivity index (χ4v) is 3.32. The van der Waals surface area contributed by atoms with Gasteiger partial charge in [-0.2, -0.15) is 11.8 Å². The van der Waals surface area contributed by atoms with Crippen LogP contribution >= 0.6 is 11.8 Å². The second kappa shape index (κ2) is 7.27. The van der Waals surface area contributed by atoms with Gasteiger partial charge in [-0.3, -0.25) is 0 Å². The van der Waals surface area contributed by atoms with Crippen LogP contribution in [0, 0.1) is 12.8 Å². The Labute approximate surface area is 126 Å². The second-order valence-electron chi connectivity index (χ2n) is 5.92. The lowest BCUT2D eigenvalue weighted by molar-refractivity contribution is 0.550. The number of aryl methyl sites for hydroxylation is 1. The van der Waals surface area contributed by atoms with Crippen molar-refractivity contribution in [3.8, 4) is 0 Å². The predicted octanol–water partition coefficient (Wildman–Crippen LogP) is 2.47. The van der Waals surface area contributed by atoms with E-state index < -0.39 is 0 Å². The Hall–Kier alpha value is -0.810. The van der Waals surface area contributed by atoms with E-state index in [0.29, 0.717) is 12.0 Å². The summed E-state index contributed by atoms with van der Waals surface area (Å²) in [4.78, 5) is 11.6. The number of hydrogen-bond acceptors (Lipinski definition) is 5. The van der Waals surface area contributed by atoms with Crippen LogP contribution in [0.4, 0.5) is 5.95 Å². The van der Waals surface area contributed by atoms with Crippen LogP contribution in [0.15, 0.2) is 6.20 Å². The van der Waals surface area contributed by atoms with Gasteiger partial charge in [0.1, 0.15) is 0 Å². The molecule has 0 aliphatic carbocycles. The lowest BCUT2D eigenvalue weighted by Crippen LogP contribution is -2.41. The molecule has 1 N–H and O–H groups in total. The first-order valence-electron chi connectivity index (χ1n) is 7.45. The molecule has 4 nitrogen and oxygen atoms in total. The number of rotatable bonds is 5. The maximum Gasteiger partial charge on any atom is 0.225 e. The molecule has 2 heterocycles. The van der Waals surface area contributed by atoms with Crippen molar-refractivity contribution >= 4 is 17.7 Å². The van der Waals surface area contributed by atoms with E-state index in [0.717, 1.165) is 31.3 Å². The molecule has 112 valence electrons. The third-order valence-corrected chi connectivity index (χ3v) is 4.75. The van der Waals surface area contributed by atoms with Crippen LogP contribution in [-0.4, -0.2) is 40.6 Å². The quantitative estimate of drug-likeness (QED) is 0.903. The van der Waals surface area contributed by atoms with E-state index in [1.54, 1.807) is 0 Å². The summed E-state index contributed by atoms with van der Waals surface area (Å²) in [5.41, 5.74) is 2.30. The molecule has 5 heteroatoms. The first-order chi connectivity index (χ1) is 9.58. The molecular formula is C15H26N4S. The number of aromatic nitrogens is 2. The molecule has 1 saturated heterocycles. The predicted molar refractivity (Wildman–Crippen MR) is 87.4 cm³/mol. The summed E-state index contributed by atoms with van der Waals surface area (Å²) in [5.74, 6) is 3.90. The van der Waals surface area contributed by atoms with E-state index in [9.17, 15) is 0 Å². The Bertz CT molecular complexity index is 436. The first kappa shape index (κ1) is 15.6. The molecule has 0 radical (unpaired) electrons. The Morgan fingerprint density at radius 2 is 2.30 bits per heavy atom. The summed E-state index contributed by atoms with van der Waals surface area (Å²) < 4.78 is 0. The molecule has 0 saturated carbocycles. The highest BCUT2D eigenvalue weighted by molar-refractivity contribution is 7.99. The molecule has 0 bridgehead atoms. The number of hydrogen-bond donors (Lipinski definition) is 1. The smallest absolute Gasteiger partial charge is 0.225 e.